The monoisotopic (exact) mass is 1230 g/mol. The predicted octanol–water partition coefficient (Wildman–Crippen LogP) is 17.7. The number of carbonyl (C=O) groups excluding carboxylic acids is 4. The number of hydrogen-bond acceptors (Lipinski definition) is 15. The fraction of sp³-hybridized carbons (Fsp3) is 0.938. The summed E-state index contributed by atoms with van der Waals surface area (Å²) in [6, 6.07) is 0. The van der Waals surface area contributed by atoms with Gasteiger partial charge in [-0.1, -0.05) is 266 Å². The average Bonchev–Trinajstić information content (AvgIpc) is 3.46. The molecule has 19 heteroatoms. The molecule has 0 rings (SSSR count). The van der Waals surface area contributed by atoms with E-state index in [9.17, 15) is 43.2 Å². The lowest BCUT2D eigenvalue weighted by molar-refractivity contribution is -0.161. The molecule has 17 nitrogen and oxygen atoms in total. The van der Waals surface area contributed by atoms with Crippen molar-refractivity contribution in [2.75, 3.05) is 39.6 Å². The van der Waals surface area contributed by atoms with Gasteiger partial charge in [-0.15, -0.1) is 0 Å². The Morgan fingerprint density at radius 1 is 0.349 bits per heavy atom. The molecule has 0 aliphatic rings. The van der Waals surface area contributed by atoms with Gasteiger partial charge in [-0.2, -0.15) is 0 Å². The first-order valence-electron chi connectivity index (χ1n) is 33.5. The first-order valence-corrected chi connectivity index (χ1v) is 36.5. The molecule has 0 heterocycles. The van der Waals surface area contributed by atoms with E-state index in [1.807, 2.05) is 0 Å². The number of carbonyl (C=O) groups is 4. The Balaban J connectivity index is 5.19. The highest BCUT2D eigenvalue weighted by Gasteiger charge is 2.30. The second-order valence-electron chi connectivity index (χ2n) is 23.9. The predicted molar refractivity (Wildman–Crippen MR) is 331 cm³/mol. The van der Waals surface area contributed by atoms with Crippen molar-refractivity contribution in [2.45, 2.75) is 336 Å². The van der Waals surface area contributed by atoms with Gasteiger partial charge < -0.3 is 33.8 Å². The SMILES string of the molecule is CCCCCCCCCC(=O)OC[C@H](COP(=O)(O)OC[C@H](O)COP(=O)(O)OC[C@@H](COC(=O)CCCCCCCCCCCCC(C)CC)OC(=O)CCCCCCCCCCCCCCC(C)C)OC(=O)CCCCCCCCC. The van der Waals surface area contributed by atoms with Gasteiger partial charge in [0.15, 0.2) is 12.2 Å². The van der Waals surface area contributed by atoms with Gasteiger partial charge in [0.2, 0.25) is 0 Å². The van der Waals surface area contributed by atoms with Crippen LogP contribution in [-0.4, -0.2) is 96.7 Å². The molecule has 0 saturated heterocycles. The van der Waals surface area contributed by atoms with E-state index in [1.165, 1.54) is 109 Å². The lowest BCUT2D eigenvalue weighted by Gasteiger charge is -2.21. The Bertz CT molecular complexity index is 1630. The number of phosphoric ester groups is 2. The molecule has 0 spiro atoms. The van der Waals surface area contributed by atoms with Crippen LogP contribution in [0.25, 0.3) is 0 Å². The number of hydrogen-bond donors (Lipinski definition) is 3. The van der Waals surface area contributed by atoms with Crippen LogP contribution in [0.15, 0.2) is 0 Å². The summed E-state index contributed by atoms with van der Waals surface area (Å²) >= 11 is 0. The minimum Gasteiger partial charge on any atom is -0.462 e. The van der Waals surface area contributed by atoms with Crippen molar-refractivity contribution in [3.63, 3.8) is 0 Å². The van der Waals surface area contributed by atoms with E-state index in [0.717, 1.165) is 127 Å². The summed E-state index contributed by atoms with van der Waals surface area (Å²) in [5.41, 5.74) is 0. The molecule has 0 amide bonds. The maximum Gasteiger partial charge on any atom is 0.472 e. The Morgan fingerprint density at radius 3 is 0.916 bits per heavy atom. The molecule has 0 saturated carbocycles. The summed E-state index contributed by atoms with van der Waals surface area (Å²) in [7, 11) is -9.88. The number of aliphatic hydroxyl groups is 1. The number of aliphatic hydroxyl groups excluding tert-OH is 1. The third kappa shape index (κ3) is 57.6. The highest BCUT2D eigenvalue weighted by Crippen LogP contribution is 2.45. The van der Waals surface area contributed by atoms with E-state index in [1.54, 1.807) is 0 Å². The third-order valence-electron chi connectivity index (χ3n) is 15.1. The molecule has 6 atom stereocenters. The van der Waals surface area contributed by atoms with Crippen LogP contribution in [0.4, 0.5) is 0 Å². The second kappa shape index (κ2) is 56.6. The smallest absolute Gasteiger partial charge is 0.462 e. The molecule has 0 aliphatic carbocycles. The number of phosphoric acid groups is 2. The van der Waals surface area contributed by atoms with E-state index in [-0.39, 0.29) is 25.7 Å². The quantitative estimate of drug-likeness (QED) is 0.0222. The van der Waals surface area contributed by atoms with Crippen molar-refractivity contribution in [3.05, 3.63) is 0 Å². The van der Waals surface area contributed by atoms with Crippen LogP contribution < -0.4 is 0 Å². The Morgan fingerprint density at radius 2 is 0.614 bits per heavy atom. The van der Waals surface area contributed by atoms with Crippen molar-refractivity contribution < 1.29 is 80.2 Å². The van der Waals surface area contributed by atoms with Crippen LogP contribution >= 0.6 is 15.6 Å². The van der Waals surface area contributed by atoms with Crippen LogP contribution in [0.1, 0.15) is 318 Å². The van der Waals surface area contributed by atoms with E-state index in [4.69, 9.17) is 37.0 Å². The summed E-state index contributed by atoms with van der Waals surface area (Å²) in [5, 5.41) is 10.5. The highest BCUT2D eigenvalue weighted by atomic mass is 31.2. The average molecular weight is 1230 g/mol. The van der Waals surface area contributed by atoms with Crippen molar-refractivity contribution >= 4 is 39.5 Å². The molecule has 0 aromatic heterocycles. The van der Waals surface area contributed by atoms with Gasteiger partial charge >= 0.3 is 39.5 Å². The summed E-state index contributed by atoms with van der Waals surface area (Å²) in [4.78, 5) is 72.0. The van der Waals surface area contributed by atoms with Gasteiger partial charge in [0.1, 0.15) is 19.3 Å². The Labute approximate surface area is 505 Å². The second-order valence-corrected chi connectivity index (χ2v) is 26.8. The van der Waals surface area contributed by atoms with Crippen molar-refractivity contribution in [3.8, 4) is 0 Å². The molecule has 0 radical (unpaired) electrons. The topological polar surface area (TPSA) is 237 Å². The van der Waals surface area contributed by atoms with Crippen LogP contribution in [-0.2, 0) is 65.4 Å². The molecule has 0 aromatic rings. The fourth-order valence-corrected chi connectivity index (χ4v) is 11.1. The largest absolute Gasteiger partial charge is 0.472 e. The van der Waals surface area contributed by atoms with Crippen LogP contribution in [0, 0.1) is 11.8 Å². The van der Waals surface area contributed by atoms with Gasteiger partial charge in [-0.25, -0.2) is 9.13 Å². The number of unbranched alkanes of at least 4 members (excludes halogenated alkanes) is 32. The Hall–Kier alpha value is -1.94. The lowest BCUT2D eigenvalue weighted by Crippen LogP contribution is -2.30. The molecule has 3 N–H and O–H groups in total. The van der Waals surface area contributed by atoms with Gasteiger partial charge in [0.05, 0.1) is 26.4 Å². The van der Waals surface area contributed by atoms with Crippen molar-refractivity contribution in [2.24, 2.45) is 11.8 Å². The summed E-state index contributed by atoms with van der Waals surface area (Å²) in [6.45, 7) is 9.45. The third-order valence-corrected chi connectivity index (χ3v) is 17.0. The first-order chi connectivity index (χ1) is 39.9. The number of ether oxygens (including phenoxy) is 4. The number of esters is 4. The summed E-state index contributed by atoms with van der Waals surface area (Å²) < 4.78 is 67.8. The lowest BCUT2D eigenvalue weighted by atomic mass is 9.99. The minimum atomic E-state index is -4.94. The van der Waals surface area contributed by atoms with Crippen molar-refractivity contribution in [1.29, 1.82) is 0 Å². The number of rotatable bonds is 63. The highest BCUT2D eigenvalue weighted by molar-refractivity contribution is 7.47. The standard InChI is InChI=1S/C64H124O17P2/c1-7-10-12-14-26-34-40-46-61(66)74-52-59(80-63(68)48-42-36-27-15-13-11-8-2)54-78-82(70,71)76-50-58(65)51-77-83(72,73)79-55-60(53-75-62(67)47-41-35-30-24-21-20-23-29-33-39-45-57(6)9-3)81-64(69)49-43-37-31-25-19-17-16-18-22-28-32-38-44-56(4)5/h56-60,65H,7-55H2,1-6H3,(H,70,71)(H,72,73)/t57?,58-,59+,60+/m0/s1. The van der Waals surface area contributed by atoms with Crippen LogP contribution in [0.3, 0.4) is 0 Å². The molecular weight excluding hydrogens is 1100 g/mol. The van der Waals surface area contributed by atoms with E-state index in [0.29, 0.717) is 25.7 Å². The van der Waals surface area contributed by atoms with Crippen LogP contribution in [0.2, 0.25) is 0 Å². The molecule has 0 aromatic carbocycles. The maximum absolute atomic E-state index is 13.0. The van der Waals surface area contributed by atoms with E-state index in [2.05, 4.69) is 41.5 Å². The van der Waals surface area contributed by atoms with Gasteiger partial charge in [-0.3, -0.25) is 37.3 Å². The zero-order valence-corrected chi connectivity index (χ0v) is 55.3. The molecule has 0 aliphatic heterocycles. The first kappa shape index (κ1) is 81.1. The maximum atomic E-state index is 13.0. The van der Waals surface area contributed by atoms with Gasteiger partial charge in [-0.05, 0) is 37.5 Å². The van der Waals surface area contributed by atoms with Crippen molar-refractivity contribution in [1.82, 2.24) is 0 Å². The molecule has 492 valence electrons. The zero-order chi connectivity index (χ0) is 61.5. The Kier molecular flexibility index (Phi) is 55.2. The summed E-state index contributed by atoms with van der Waals surface area (Å²) in [5.74, 6) is -0.555. The van der Waals surface area contributed by atoms with Gasteiger partial charge in [0, 0.05) is 25.7 Å². The molecule has 3 unspecified atom stereocenters. The normalized spacial score (nSPS) is 14.6. The molecular formula is C64H124O17P2. The molecule has 0 fully saturated rings. The summed E-state index contributed by atoms with van der Waals surface area (Å²) in [6.07, 6.45) is 39.1. The molecule has 83 heavy (non-hydrogen) atoms. The van der Waals surface area contributed by atoms with E-state index < -0.39 is 97.5 Å². The fourth-order valence-electron chi connectivity index (χ4n) is 9.50. The van der Waals surface area contributed by atoms with Gasteiger partial charge in [0.25, 0.3) is 0 Å². The molecule has 0 bridgehead atoms. The minimum absolute atomic E-state index is 0.103. The van der Waals surface area contributed by atoms with Crippen LogP contribution in [0.5, 0.6) is 0 Å². The van der Waals surface area contributed by atoms with E-state index >= 15 is 0 Å². The zero-order valence-electron chi connectivity index (χ0n) is 53.5.